The number of imidazole rings is 1. The van der Waals surface area contributed by atoms with Crippen LogP contribution >= 0.6 is 11.3 Å². The monoisotopic (exact) mass is 221 g/mol. The number of anilines is 1. The number of hydrogen-bond donors (Lipinski definition) is 1. The first-order chi connectivity index (χ1) is 7.16. The van der Waals surface area contributed by atoms with Gasteiger partial charge in [0.05, 0.1) is 6.54 Å². The van der Waals surface area contributed by atoms with Crippen molar-refractivity contribution in [3.05, 3.63) is 33.8 Å². The number of rotatable bonds is 3. The normalized spacial score (nSPS) is 10.6. The predicted molar refractivity (Wildman–Crippen MR) is 64.3 cm³/mol. The van der Waals surface area contributed by atoms with Gasteiger partial charge in [0.15, 0.2) is 0 Å². The molecule has 0 aliphatic heterocycles. The van der Waals surface area contributed by atoms with Crippen LogP contribution in [0.2, 0.25) is 0 Å². The van der Waals surface area contributed by atoms with E-state index in [-0.39, 0.29) is 0 Å². The zero-order valence-electron chi connectivity index (χ0n) is 9.24. The molecule has 1 N–H and O–H groups in total. The van der Waals surface area contributed by atoms with Crippen LogP contribution in [0, 0.1) is 13.8 Å². The fourth-order valence-corrected chi connectivity index (χ4v) is 2.43. The number of hydrogen-bond acceptors (Lipinski definition) is 3. The van der Waals surface area contributed by atoms with Gasteiger partial charge in [0, 0.05) is 29.2 Å². The molecule has 0 saturated carbocycles. The van der Waals surface area contributed by atoms with Gasteiger partial charge in [0.2, 0.25) is 5.95 Å². The smallest absolute Gasteiger partial charge is 0.202 e. The van der Waals surface area contributed by atoms with Crippen molar-refractivity contribution in [3.63, 3.8) is 0 Å². The molecule has 15 heavy (non-hydrogen) atoms. The molecule has 0 fully saturated rings. The van der Waals surface area contributed by atoms with Crippen molar-refractivity contribution in [3.8, 4) is 0 Å². The summed E-state index contributed by atoms with van der Waals surface area (Å²) in [5, 5.41) is 3.31. The molecule has 0 radical (unpaired) electrons. The first-order valence-electron chi connectivity index (χ1n) is 4.94. The molecule has 3 nitrogen and oxygen atoms in total. The number of nitrogens with one attached hydrogen (secondary N) is 1. The van der Waals surface area contributed by atoms with Crippen LogP contribution in [0.5, 0.6) is 0 Å². The summed E-state index contributed by atoms with van der Waals surface area (Å²) in [6.07, 6.45) is 3.74. The Morgan fingerprint density at radius 3 is 2.80 bits per heavy atom. The van der Waals surface area contributed by atoms with E-state index >= 15 is 0 Å². The zero-order valence-corrected chi connectivity index (χ0v) is 10.1. The lowest BCUT2D eigenvalue weighted by Crippen LogP contribution is -2.03. The van der Waals surface area contributed by atoms with Crippen LogP contribution < -0.4 is 5.32 Å². The Morgan fingerprint density at radius 2 is 2.27 bits per heavy atom. The molecule has 2 heterocycles. The van der Waals surface area contributed by atoms with Gasteiger partial charge in [-0.15, -0.1) is 11.3 Å². The average Bonchev–Trinajstić information content (AvgIpc) is 2.72. The third-order valence-corrected chi connectivity index (χ3v) is 3.61. The Morgan fingerprint density at radius 1 is 1.47 bits per heavy atom. The van der Waals surface area contributed by atoms with Crippen LogP contribution in [0.3, 0.4) is 0 Å². The highest BCUT2D eigenvalue weighted by Gasteiger charge is 2.02. The summed E-state index contributed by atoms with van der Waals surface area (Å²) < 4.78 is 1.98. The fourth-order valence-electron chi connectivity index (χ4n) is 1.44. The minimum atomic E-state index is 0.851. The third kappa shape index (κ3) is 2.21. The van der Waals surface area contributed by atoms with Crippen LogP contribution in [0.15, 0.2) is 18.5 Å². The van der Waals surface area contributed by atoms with Crippen LogP contribution in [0.4, 0.5) is 5.95 Å². The van der Waals surface area contributed by atoms with Gasteiger partial charge in [-0.25, -0.2) is 4.98 Å². The quantitative estimate of drug-likeness (QED) is 0.863. The lowest BCUT2D eigenvalue weighted by atomic mass is 10.3. The SMILES string of the molecule is Cc1cc(CNc2nccn2C)sc1C. The molecule has 4 heteroatoms. The van der Waals surface area contributed by atoms with Crippen molar-refractivity contribution in [1.82, 2.24) is 9.55 Å². The first kappa shape index (κ1) is 10.2. The summed E-state index contributed by atoms with van der Waals surface area (Å²) >= 11 is 1.84. The van der Waals surface area contributed by atoms with Crippen molar-refractivity contribution in [2.75, 3.05) is 5.32 Å². The number of aromatic nitrogens is 2. The summed E-state index contributed by atoms with van der Waals surface area (Å²) in [7, 11) is 1.99. The van der Waals surface area contributed by atoms with Crippen molar-refractivity contribution in [2.45, 2.75) is 20.4 Å². The molecule has 0 atom stereocenters. The molecule has 0 spiro atoms. The standard InChI is InChI=1S/C11H15N3S/c1-8-6-10(15-9(8)2)7-13-11-12-4-5-14(11)3/h4-6H,7H2,1-3H3,(H,12,13). The molecular weight excluding hydrogens is 206 g/mol. The third-order valence-electron chi connectivity index (χ3n) is 2.46. The maximum atomic E-state index is 4.22. The highest BCUT2D eigenvalue weighted by atomic mass is 32.1. The summed E-state index contributed by atoms with van der Waals surface area (Å²) in [5.41, 5.74) is 1.37. The van der Waals surface area contributed by atoms with E-state index in [1.807, 2.05) is 29.1 Å². The van der Waals surface area contributed by atoms with Crippen molar-refractivity contribution in [2.24, 2.45) is 7.05 Å². The minimum absolute atomic E-state index is 0.851. The molecular formula is C11H15N3S. The Labute approximate surface area is 93.8 Å². The number of aryl methyl sites for hydroxylation is 3. The maximum Gasteiger partial charge on any atom is 0.202 e. The van der Waals surface area contributed by atoms with Crippen LogP contribution in [-0.2, 0) is 13.6 Å². The van der Waals surface area contributed by atoms with Crippen LogP contribution in [0.25, 0.3) is 0 Å². The highest BCUT2D eigenvalue weighted by Crippen LogP contribution is 2.21. The second kappa shape index (κ2) is 4.06. The summed E-state index contributed by atoms with van der Waals surface area (Å²) in [6.45, 7) is 5.16. The van der Waals surface area contributed by atoms with E-state index in [1.165, 1.54) is 15.3 Å². The molecule has 0 unspecified atom stereocenters. The molecule has 0 amide bonds. The Bertz CT molecular complexity index is 437. The van der Waals surface area contributed by atoms with E-state index < -0.39 is 0 Å². The second-order valence-electron chi connectivity index (χ2n) is 3.67. The zero-order chi connectivity index (χ0) is 10.8. The number of nitrogens with zero attached hydrogens (tertiary/aromatic N) is 2. The highest BCUT2D eigenvalue weighted by molar-refractivity contribution is 7.12. The van der Waals surface area contributed by atoms with E-state index in [4.69, 9.17) is 0 Å². The van der Waals surface area contributed by atoms with Crippen molar-refractivity contribution < 1.29 is 0 Å². The van der Waals surface area contributed by atoms with Crippen LogP contribution in [-0.4, -0.2) is 9.55 Å². The Balaban J connectivity index is 2.02. The minimum Gasteiger partial charge on any atom is -0.351 e. The van der Waals surface area contributed by atoms with Gasteiger partial charge < -0.3 is 9.88 Å². The topological polar surface area (TPSA) is 29.9 Å². The molecule has 2 rings (SSSR count). The largest absolute Gasteiger partial charge is 0.351 e. The molecule has 80 valence electrons. The molecule has 2 aromatic rings. The van der Waals surface area contributed by atoms with Gasteiger partial charge in [-0.3, -0.25) is 0 Å². The van der Waals surface area contributed by atoms with E-state index in [2.05, 4.69) is 30.2 Å². The molecule has 0 aromatic carbocycles. The second-order valence-corrected chi connectivity index (χ2v) is 5.01. The van der Waals surface area contributed by atoms with E-state index in [0.717, 1.165) is 12.5 Å². The van der Waals surface area contributed by atoms with E-state index in [0.29, 0.717) is 0 Å². The molecule has 0 aliphatic carbocycles. The lowest BCUT2D eigenvalue weighted by molar-refractivity contribution is 0.902. The Hall–Kier alpha value is -1.29. The van der Waals surface area contributed by atoms with Gasteiger partial charge in [-0.2, -0.15) is 0 Å². The van der Waals surface area contributed by atoms with E-state index in [1.54, 1.807) is 6.20 Å². The number of thiophene rings is 1. The fraction of sp³-hybridized carbons (Fsp3) is 0.364. The summed E-state index contributed by atoms with van der Waals surface area (Å²) in [6, 6.07) is 2.23. The Kier molecular flexibility index (Phi) is 2.77. The van der Waals surface area contributed by atoms with Gasteiger partial charge >= 0.3 is 0 Å². The molecule has 0 aliphatic rings. The first-order valence-corrected chi connectivity index (χ1v) is 5.75. The summed E-state index contributed by atoms with van der Waals surface area (Å²) in [5.74, 6) is 0.915. The lowest BCUT2D eigenvalue weighted by Gasteiger charge is -2.03. The maximum absolute atomic E-state index is 4.22. The predicted octanol–water partition coefficient (Wildman–Crippen LogP) is 2.71. The average molecular weight is 221 g/mol. The molecule has 0 saturated heterocycles. The van der Waals surface area contributed by atoms with Gasteiger partial charge in [0.1, 0.15) is 0 Å². The van der Waals surface area contributed by atoms with Crippen molar-refractivity contribution >= 4 is 17.3 Å². The molecule has 2 aromatic heterocycles. The van der Waals surface area contributed by atoms with Crippen LogP contribution in [0.1, 0.15) is 15.3 Å². The van der Waals surface area contributed by atoms with Gasteiger partial charge in [-0.1, -0.05) is 0 Å². The molecule has 0 bridgehead atoms. The summed E-state index contributed by atoms with van der Waals surface area (Å²) in [4.78, 5) is 6.97. The van der Waals surface area contributed by atoms with Crippen molar-refractivity contribution in [1.29, 1.82) is 0 Å². The van der Waals surface area contributed by atoms with Gasteiger partial charge in [0.25, 0.3) is 0 Å². The van der Waals surface area contributed by atoms with Gasteiger partial charge in [-0.05, 0) is 25.5 Å². The van der Waals surface area contributed by atoms with E-state index in [9.17, 15) is 0 Å².